The van der Waals surface area contributed by atoms with Crippen molar-refractivity contribution >= 4 is 27.7 Å². The molecule has 1 amide bonds. The van der Waals surface area contributed by atoms with E-state index in [0.29, 0.717) is 31.1 Å². The first-order valence-corrected chi connectivity index (χ1v) is 10.3. The summed E-state index contributed by atoms with van der Waals surface area (Å²) in [5.74, 6) is 0.186. The summed E-state index contributed by atoms with van der Waals surface area (Å²) < 4.78 is 24.4. The van der Waals surface area contributed by atoms with Crippen molar-refractivity contribution in [3.8, 4) is 0 Å². The quantitative estimate of drug-likeness (QED) is 0.616. The number of aromatic nitrogens is 2. The van der Waals surface area contributed by atoms with Gasteiger partial charge in [0.15, 0.2) is 5.16 Å². The summed E-state index contributed by atoms with van der Waals surface area (Å²) >= 11 is 1.31. The van der Waals surface area contributed by atoms with Crippen molar-refractivity contribution in [1.82, 2.24) is 19.6 Å². The van der Waals surface area contributed by atoms with E-state index in [0.717, 1.165) is 11.4 Å². The lowest BCUT2D eigenvalue weighted by molar-refractivity contribution is -0.119. The van der Waals surface area contributed by atoms with Gasteiger partial charge in [0.2, 0.25) is 15.9 Å². The summed E-state index contributed by atoms with van der Waals surface area (Å²) in [5, 5.41) is 3.55. The maximum atomic E-state index is 12.0. The molecule has 7 nitrogen and oxygen atoms in total. The van der Waals surface area contributed by atoms with Gasteiger partial charge in [0, 0.05) is 30.5 Å². The van der Waals surface area contributed by atoms with Gasteiger partial charge in [0.05, 0.1) is 12.0 Å². The molecule has 1 aliphatic rings. The van der Waals surface area contributed by atoms with Crippen LogP contribution in [0.25, 0.3) is 0 Å². The van der Waals surface area contributed by atoms with Gasteiger partial charge >= 0.3 is 0 Å². The lowest BCUT2D eigenvalue weighted by atomic mass is 10.1. The number of nitrogens with one attached hydrogen (secondary N) is 1. The molecule has 9 heteroatoms. The number of hydrogen-bond donors (Lipinski definition) is 1. The molecule has 1 aromatic rings. The third-order valence-corrected chi connectivity index (χ3v) is 5.73. The number of nitrogens with zero attached hydrogens (tertiary/aromatic N) is 3. The maximum Gasteiger partial charge on any atom is 0.230 e. The maximum absolute atomic E-state index is 12.0. The first-order chi connectivity index (χ1) is 10.7. The van der Waals surface area contributed by atoms with Gasteiger partial charge in [-0.1, -0.05) is 11.8 Å². The molecule has 2 heterocycles. The van der Waals surface area contributed by atoms with Crippen molar-refractivity contribution in [2.45, 2.75) is 37.9 Å². The highest BCUT2D eigenvalue weighted by Crippen LogP contribution is 2.16. The molecule has 0 saturated carbocycles. The molecule has 0 unspecified atom stereocenters. The third-order valence-electron chi connectivity index (χ3n) is 3.58. The van der Waals surface area contributed by atoms with E-state index in [-0.39, 0.29) is 17.7 Å². The van der Waals surface area contributed by atoms with E-state index in [2.05, 4.69) is 15.3 Å². The van der Waals surface area contributed by atoms with Gasteiger partial charge in [-0.2, -0.15) is 0 Å². The first kappa shape index (κ1) is 18.2. The van der Waals surface area contributed by atoms with Crippen LogP contribution in [0.1, 0.15) is 24.2 Å². The van der Waals surface area contributed by atoms with Gasteiger partial charge in [0.25, 0.3) is 0 Å². The summed E-state index contributed by atoms with van der Waals surface area (Å²) in [4.78, 5) is 20.6. The van der Waals surface area contributed by atoms with Crippen LogP contribution in [0.4, 0.5) is 0 Å². The highest BCUT2D eigenvalue weighted by molar-refractivity contribution is 7.99. The van der Waals surface area contributed by atoms with E-state index in [1.54, 1.807) is 0 Å². The van der Waals surface area contributed by atoms with Crippen molar-refractivity contribution in [3.05, 3.63) is 17.5 Å². The second-order valence-corrected chi connectivity index (χ2v) is 8.65. The molecular formula is C14H22N4O3S2. The average Bonchev–Trinajstić information content (AvgIpc) is 2.44. The largest absolute Gasteiger partial charge is 0.353 e. The van der Waals surface area contributed by atoms with Gasteiger partial charge in [0.1, 0.15) is 0 Å². The Hall–Kier alpha value is -1.19. The fourth-order valence-corrected chi connectivity index (χ4v) is 4.12. The molecule has 0 atom stereocenters. The third kappa shape index (κ3) is 5.74. The number of hydrogen-bond acceptors (Lipinski definition) is 6. The molecule has 1 saturated heterocycles. The zero-order chi connectivity index (χ0) is 17.0. The van der Waals surface area contributed by atoms with E-state index in [1.165, 1.54) is 22.3 Å². The number of sulfonamides is 1. The number of piperidine rings is 1. The number of carbonyl (C=O) groups excluding carboxylic acids is 1. The molecule has 2 rings (SSSR count). The second-order valence-electron chi connectivity index (χ2n) is 5.73. The first-order valence-electron chi connectivity index (χ1n) is 7.43. The highest BCUT2D eigenvalue weighted by atomic mass is 32.2. The van der Waals surface area contributed by atoms with Crippen molar-refractivity contribution in [1.29, 1.82) is 0 Å². The van der Waals surface area contributed by atoms with Crippen LogP contribution in [0.2, 0.25) is 0 Å². The lowest BCUT2D eigenvalue weighted by Crippen LogP contribution is -2.46. The van der Waals surface area contributed by atoms with Gasteiger partial charge in [-0.3, -0.25) is 4.79 Å². The molecule has 0 aliphatic carbocycles. The summed E-state index contributed by atoms with van der Waals surface area (Å²) in [7, 11) is -3.13. The number of thioether (sulfide) groups is 1. The normalized spacial score (nSPS) is 17.2. The van der Waals surface area contributed by atoms with Crippen molar-refractivity contribution in [2.24, 2.45) is 0 Å². The van der Waals surface area contributed by atoms with Crippen LogP contribution < -0.4 is 5.32 Å². The summed E-state index contributed by atoms with van der Waals surface area (Å²) in [6.45, 7) is 4.71. The topological polar surface area (TPSA) is 92.3 Å². The molecule has 1 fully saturated rings. The van der Waals surface area contributed by atoms with Crippen molar-refractivity contribution < 1.29 is 13.2 Å². The number of rotatable bonds is 5. The number of carbonyl (C=O) groups is 1. The Morgan fingerprint density at radius 2 is 1.87 bits per heavy atom. The molecule has 0 aromatic carbocycles. The fourth-order valence-electron chi connectivity index (χ4n) is 2.49. The fraction of sp³-hybridized carbons (Fsp3) is 0.643. The number of aryl methyl sites for hydroxylation is 2. The summed E-state index contributed by atoms with van der Waals surface area (Å²) in [5.41, 5.74) is 1.77. The Bertz CT molecular complexity index is 650. The molecule has 1 aromatic heterocycles. The van der Waals surface area contributed by atoms with E-state index < -0.39 is 10.0 Å². The second kappa shape index (κ2) is 7.59. The smallest absolute Gasteiger partial charge is 0.230 e. The van der Waals surface area contributed by atoms with Crippen molar-refractivity contribution in [2.75, 3.05) is 25.1 Å². The van der Waals surface area contributed by atoms with E-state index in [1.807, 2.05) is 19.9 Å². The van der Waals surface area contributed by atoms with Gasteiger partial charge in [-0.05, 0) is 32.8 Å². The zero-order valence-corrected chi connectivity index (χ0v) is 15.2. The average molecular weight is 358 g/mol. The van der Waals surface area contributed by atoms with Crippen LogP contribution in [-0.2, 0) is 14.8 Å². The van der Waals surface area contributed by atoms with Crippen molar-refractivity contribution in [3.63, 3.8) is 0 Å². The summed E-state index contributed by atoms with van der Waals surface area (Å²) in [6, 6.07) is 1.92. The van der Waals surface area contributed by atoms with Gasteiger partial charge in [-0.15, -0.1) is 0 Å². The number of amides is 1. The molecule has 0 spiro atoms. The van der Waals surface area contributed by atoms with Gasteiger partial charge in [-0.25, -0.2) is 22.7 Å². The SMILES string of the molecule is Cc1cc(C)nc(SCC(=O)NC2CCN(S(C)(=O)=O)CC2)n1. The van der Waals surface area contributed by atoms with Crippen LogP contribution in [0.5, 0.6) is 0 Å². The lowest BCUT2D eigenvalue weighted by Gasteiger charge is -2.30. The highest BCUT2D eigenvalue weighted by Gasteiger charge is 2.25. The van der Waals surface area contributed by atoms with Crippen LogP contribution in [0.15, 0.2) is 11.2 Å². The van der Waals surface area contributed by atoms with Crippen LogP contribution in [-0.4, -0.2) is 59.7 Å². The minimum atomic E-state index is -3.13. The Labute approximate surface area is 141 Å². The van der Waals surface area contributed by atoms with Crippen LogP contribution in [0.3, 0.4) is 0 Å². The van der Waals surface area contributed by atoms with E-state index >= 15 is 0 Å². The standard InChI is InChI=1S/C14H22N4O3S2/c1-10-8-11(2)16-14(15-10)22-9-13(19)17-12-4-6-18(7-5-12)23(3,20)21/h8,12H,4-7,9H2,1-3H3,(H,17,19). The van der Waals surface area contributed by atoms with Crippen LogP contribution >= 0.6 is 11.8 Å². The predicted molar refractivity (Wildman–Crippen MR) is 89.8 cm³/mol. The minimum absolute atomic E-state index is 0.0289. The van der Waals surface area contributed by atoms with Crippen LogP contribution in [0, 0.1) is 13.8 Å². The van der Waals surface area contributed by atoms with Gasteiger partial charge < -0.3 is 5.32 Å². The van der Waals surface area contributed by atoms with E-state index in [9.17, 15) is 13.2 Å². The Morgan fingerprint density at radius 1 is 1.30 bits per heavy atom. The Kier molecular flexibility index (Phi) is 5.99. The molecule has 1 N–H and O–H groups in total. The Balaban J connectivity index is 1.77. The zero-order valence-electron chi connectivity index (χ0n) is 13.6. The molecule has 1 aliphatic heterocycles. The predicted octanol–water partition coefficient (Wildman–Crippen LogP) is 0.726. The molecule has 0 bridgehead atoms. The van der Waals surface area contributed by atoms with E-state index in [4.69, 9.17) is 0 Å². The monoisotopic (exact) mass is 358 g/mol. The molecular weight excluding hydrogens is 336 g/mol. The molecule has 23 heavy (non-hydrogen) atoms. The summed E-state index contributed by atoms with van der Waals surface area (Å²) in [6.07, 6.45) is 2.50. The minimum Gasteiger partial charge on any atom is -0.353 e. The molecule has 0 radical (unpaired) electrons. The molecule has 128 valence electrons. The Morgan fingerprint density at radius 3 is 2.39 bits per heavy atom.